The molecular weight excluding hydrogens is 399 g/mol. The van der Waals surface area contributed by atoms with Crippen molar-refractivity contribution in [2.45, 2.75) is 18.7 Å². The van der Waals surface area contributed by atoms with Gasteiger partial charge in [0.2, 0.25) is 0 Å². The zero-order chi connectivity index (χ0) is 13.0. The van der Waals surface area contributed by atoms with Crippen LogP contribution in [0, 0.1) is 3.57 Å². The Hall–Kier alpha value is -0.430. The van der Waals surface area contributed by atoms with E-state index in [1.165, 1.54) is 6.92 Å². The topological polar surface area (TPSA) is 43.4 Å². The van der Waals surface area contributed by atoms with E-state index in [1.807, 2.05) is 6.07 Å². The minimum atomic E-state index is -0.336. The quantitative estimate of drug-likeness (QED) is 0.433. The van der Waals surface area contributed by atoms with Gasteiger partial charge in [0.05, 0.1) is 17.0 Å². The van der Waals surface area contributed by atoms with Gasteiger partial charge in [-0.1, -0.05) is 22.0 Å². The molecule has 0 N–H and O–H groups in total. The van der Waals surface area contributed by atoms with Gasteiger partial charge in [-0.05, 0) is 54.1 Å². The molecule has 1 unspecified atom stereocenters. The summed E-state index contributed by atoms with van der Waals surface area (Å²) in [4.78, 5) is 22.5. The molecule has 17 heavy (non-hydrogen) atoms. The zero-order valence-electron chi connectivity index (χ0n) is 9.50. The third kappa shape index (κ3) is 3.77. The van der Waals surface area contributed by atoms with E-state index in [2.05, 4.69) is 38.5 Å². The predicted octanol–water partition coefficient (Wildman–Crippen LogP) is 3.49. The number of ketones is 1. The Morgan fingerprint density at radius 1 is 1.47 bits per heavy atom. The van der Waals surface area contributed by atoms with Gasteiger partial charge in [-0.2, -0.15) is 0 Å². The van der Waals surface area contributed by atoms with Gasteiger partial charge in [0.15, 0.2) is 0 Å². The summed E-state index contributed by atoms with van der Waals surface area (Å²) in [5.74, 6) is -0.304. The first-order chi connectivity index (χ1) is 7.97. The number of hydrogen-bond donors (Lipinski definition) is 0. The molecule has 0 saturated carbocycles. The molecule has 0 aliphatic carbocycles. The number of benzene rings is 1. The van der Waals surface area contributed by atoms with Crippen molar-refractivity contribution in [1.29, 1.82) is 0 Å². The van der Waals surface area contributed by atoms with Gasteiger partial charge in [-0.25, -0.2) is 4.79 Å². The highest BCUT2D eigenvalue weighted by molar-refractivity contribution is 14.1. The van der Waals surface area contributed by atoms with Gasteiger partial charge in [-0.3, -0.25) is 4.79 Å². The molecule has 5 heteroatoms. The molecule has 3 nitrogen and oxygen atoms in total. The molecule has 0 aromatic heterocycles. The van der Waals surface area contributed by atoms with E-state index in [0.717, 1.165) is 9.13 Å². The average Bonchev–Trinajstić information content (AvgIpc) is 2.27. The summed E-state index contributed by atoms with van der Waals surface area (Å²) in [6.07, 6.45) is 0. The molecule has 1 rings (SSSR count). The number of Topliss-reactive ketones (excluding diaryl/α,β-unsaturated/α-hetero) is 1. The summed E-state index contributed by atoms with van der Waals surface area (Å²) in [6.45, 7) is 3.64. The standard InChI is InChI=1S/C12H12BrIO3/c1-3-17-12(16)9-5-4-8(6-10(9)14)11(13)7(2)15/h4-6,11H,3H2,1-2H3. The molecule has 0 aliphatic heterocycles. The Balaban J connectivity index is 3.01. The van der Waals surface area contributed by atoms with Crippen LogP contribution in [0.25, 0.3) is 0 Å². The summed E-state index contributed by atoms with van der Waals surface area (Å²) >= 11 is 5.37. The van der Waals surface area contributed by atoms with Crippen LogP contribution in [0.4, 0.5) is 0 Å². The van der Waals surface area contributed by atoms with E-state index < -0.39 is 0 Å². The summed E-state index contributed by atoms with van der Waals surface area (Å²) in [5, 5.41) is 0. The number of alkyl halides is 1. The third-order valence-corrected chi connectivity index (χ3v) is 4.20. The van der Waals surface area contributed by atoms with E-state index in [1.54, 1.807) is 19.1 Å². The van der Waals surface area contributed by atoms with Gasteiger partial charge in [0, 0.05) is 3.57 Å². The fourth-order valence-electron chi connectivity index (χ4n) is 1.30. The van der Waals surface area contributed by atoms with Crippen molar-refractivity contribution >= 4 is 50.3 Å². The molecule has 0 aliphatic rings. The van der Waals surface area contributed by atoms with Crippen LogP contribution >= 0.6 is 38.5 Å². The molecule has 0 fully saturated rings. The number of halogens is 2. The molecule has 1 aromatic carbocycles. The van der Waals surface area contributed by atoms with Crippen LogP contribution in [0.1, 0.15) is 34.6 Å². The largest absolute Gasteiger partial charge is 0.462 e. The highest BCUT2D eigenvalue weighted by Crippen LogP contribution is 2.26. The maximum Gasteiger partial charge on any atom is 0.339 e. The van der Waals surface area contributed by atoms with Crippen molar-refractivity contribution in [3.05, 3.63) is 32.9 Å². The van der Waals surface area contributed by atoms with Gasteiger partial charge >= 0.3 is 5.97 Å². The van der Waals surface area contributed by atoms with E-state index in [-0.39, 0.29) is 16.6 Å². The zero-order valence-corrected chi connectivity index (χ0v) is 13.2. The Morgan fingerprint density at radius 2 is 2.12 bits per heavy atom. The molecular formula is C12H12BrIO3. The highest BCUT2D eigenvalue weighted by atomic mass is 127. The maximum absolute atomic E-state index is 11.6. The van der Waals surface area contributed by atoms with Crippen LogP contribution < -0.4 is 0 Å². The van der Waals surface area contributed by atoms with Gasteiger partial charge < -0.3 is 4.74 Å². The number of rotatable bonds is 4. The van der Waals surface area contributed by atoms with Crippen molar-refractivity contribution in [1.82, 2.24) is 0 Å². The third-order valence-electron chi connectivity index (χ3n) is 2.14. The molecule has 1 aromatic rings. The van der Waals surface area contributed by atoms with Gasteiger partial charge in [-0.15, -0.1) is 0 Å². The molecule has 92 valence electrons. The lowest BCUT2D eigenvalue weighted by atomic mass is 10.1. The average molecular weight is 411 g/mol. The van der Waals surface area contributed by atoms with Crippen LogP contribution in [-0.4, -0.2) is 18.4 Å². The van der Waals surface area contributed by atoms with Crippen LogP contribution in [0.5, 0.6) is 0 Å². The van der Waals surface area contributed by atoms with Crippen molar-refractivity contribution in [3.8, 4) is 0 Å². The molecule has 0 spiro atoms. The Morgan fingerprint density at radius 3 is 2.59 bits per heavy atom. The fourth-order valence-corrected chi connectivity index (χ4v) is 2.34. The second-order valence-electron chi connectivity index (χ2n) is 3.43. The Bertz CT molecular complexity index is 445. The van der Waals surface area contributed by atoms with Crippen LogP contribution in [0.3, 0.4) is 0 Å². The second kappa shape index (κ2) is 6.49. The minimum Gasteiger partial charge on any atom is -0.462 e. The van der Waals surface area contributed by atoms with E-state index >= 15 is 0 Å². The first kappa shape index (κ1) is 14.6. The molecule has 0 saturated heterocycles. The van der Waals surface area contributed by atoms with E-state index in [9.17, 15) is 9.59 Å². The van der Waals surface area contributed by atoms with E-state index in [0.29, 0.717) is 12.2 Å². The first-order valence-electron chi connectivity index (χ1n) is 5.08. The number of carbonyl (C=O) groups is 2. The molecule has 0 heterocycles. The van der Waals surface area contributed by atoms with Crippen molar-refractivity contribution in [2.24, 2.45) is 0 Å². The Kier molecular flexibility index (Phi) is 5.58. The van der Waals surface area contributed by atoms with Crippen LogP contribution in [-0.2, 0) is 9.53 Å². The van der Waals surface area contributed by atoms with Crippen molar-refractivity contribution in [2.75, 3.05) is 6.61 Å². The lowest BCUT2D eigenvalue weighted by Gasteiger charge is -2.09. The summed E-state index contributed by atoms with van der Waals surface area (Å²) in [6, 6.07) is 5.26. The maximum atomic E-state index is 11.6. The molecule has 0 radical (unpaired) electrons. The number of carbonyl (C=O) groups excluding carboxylic acids is 2. The first-order valence-corrected chi connectivity index (χ1v) is 7.08. The van der Waals surface area contributed by atoms with Crippen LogP contribution in [0.15, 0.2) is 18.2 Å². The summed E-state index contributed by atoms with van der Waals surface area (Å²) in [7, 11) is 0. The monoisotopic (exact) mass is 410 g/mol. The minimum absolute atomic E-state index is 0.0321. The smallest absolute Gasteiger partial charge is 0.339 e. The van der Waals surface area contributed by atoms with E-state index in [4.69, 9.17) is 4.74 Å². The number of esters is 1. The number of ether oxygens (including phenoxy) is 1. The summed E-state index contributed by atoms with van der Waals surface area (Å²) in [5.41, 5.74) is 1.37. The normalized spacial score (nSPS) is 12.0. The molecule has 0 amide bonds. The lowest BCUT2D eigenvalue weighted by Crippen LogP contribution is -2.08. The van der Waals surface area contributed by atoms with Gasteiger partial charge in [0.1, 0.15) is 5.78 Å². The summed E-state index contributed by atoms with van der Waals surface area (Å²) < 4.78 is 5.72. The fraction of sp³-hybridized carbons (Fsp3) is 0.333. The Labute approximate surface area is 122 Å². The van der Waals surface area contributed by atoms with Crippen molar-refractivity contribution in [3.63, 3.8) is 0 Å². The van der Waals surface area contributed by atoms with Gasteiger partial charge in [0.25, 0.3) is 0 Å². The van der Waals surface area contributed by atoms with Crippen molar-refractivity contribution < 1.29 is 14.3 Å². The second-order valence-corrected chi connectivity index (χ2v) is 5.51. The SMILES string of the molecule is CCOC(=O)c1ccc(C(Br)C(C)=O)cc1I. The number of hydrogen-bond acceptors (Lipinski definition) is 3. The van der Waals surface area contributed by atoms with Crippen LogP contribution in [0.2, 0.25) is 0 Å². The predicted molar refractivity (Wildman–Crippen MR) is 77.5 cm³/mol. The lowest BCUT2D eigenvalue weighted by molar-refractivity contribution is -0.116. The molecule has 1 atom stereocenters. The molecule has 0 bridgehead atoms. The highest BCUT2D eigenvalue weighted by Gasteiger charge is 2.16.